The summed E-state index contributed by atoms with van der Waals surface area (Å²) in [6.07, 6.45) is 0.0258. The van der Waals surface area contributed by atoms with Crippen LogP contribution in [-0.2, 0) is 16.1 Å². The highest BCUT2D eigenvalue weighted by Crippen LogP contribution is 2.30. The van der Waals surface area contributed by atoms with E-state index >= 15 is 0 Å². The molecule has 6 heteroatoms. The SMILES string of the molecule is CCOC(=O)CCC(=O)c1cc(Oc2ccc(Cl)cc2)ccc1OCc1ccccc1. The van der Waals surface area contributed by atoms with Crippen LogP contribution >= 0.6 is 11.6 Å². The Balaban J connectivity index is 1.79. The van der Waals surface area contributed by atoms with Gasteiger partial charge in [-0.25, -0.2) is 0 Å². The quantitative estimate of drug-likeness (QED) is 0.277. The van der Waals surface area contributed by atoms with E-state index in [1.807, 2.05) is 30.3 Å². The van der Waals surface area contributed by atoms with Crippen molar-refractivity contribution in [3.8, 4) is 17.2 Å². The third-order valence-corrected chi connectivity index (χ3v) is 4.65. The van der Waals surface area contributed by atoms with E-state index in [9.17, 15) is 9.59 Å². The van der Waals surface area contributed by atoms with Crippen LogP contribution in [0.25, 0.3) is 0 Å². The number of ketones is 1. The first-order chi connectivity index (χ1) is 15.0. The molecule has 0 aromatic heterocycles. The Hall–Kier alpha value is -3.31. The van der Waals surface area contributed by atoms with E-state index < -0.39 is 5.97 Å². The minimum Gasteiger partial charge on any atom is -0.488 e. The van der Waals surface area contributed by atoms with Gasteiger partial charge in [0.25, 0.3) is 0 Å². The Bertz CT molecular complexity index is 1020. The van der Waals surface area contributed by atoms with Crippen LogP contribution in [0.5, 0.6) is 17.2 Å². The number of halogens is 1. The Morgan fingerprint density at radius 2 is 1.58 bits per heavy atom. The molecule has 0 aliphatic carbocycles. The summed E-state index contributed by atoms with van der Waals surface area (Å²) in [5.41, 5.74) is 1.33. The molecule has 0 bridgehead atoms. The van der Waals surface area contributed by atoms with Crippen LogP contribution in [0.2, 0.25) is 5.02 Å². The van der Waals surface area contributed by atoms with E-state index in [-0.39, 0.29) is 25.2 Å². The maximum atomic E-state index is 12.9. The number of Topliss-reactive ketones (excluding diaryl/α,β-unsaturated/α-hetero) is 1. The first-order valence-corrected chi connectivity index (χ1v) is 10.4. The minimum absolute atomic E-state index is 0.00701. The molecular weight excluding hydrogens is 416 g/mol. The molecule has 0 unspecified atom stereocenters. The van der Waals surface area contributed by atoms with E-state index in [1.54, 1.807) is 49.4 Å². The summed E-state index contributed by atoms with van der Waals surface area (Å²) in [6, 6.07) is 21.6. The van der Waals surface area contributed by atoms with Crippen molar-refractivity contribution in [3.05, 3.63) is 88.9 Å². The zero-order chi connectivity index (χ0) is 22.1. The van der Waals surface area contributed by atoms with E-state index in [4.69, 9.17) is 25.8 Å². The molecule has 0 saturated heterocycles. The normalized spacial score (nSPS) is 10.4. The Morgan fingerprint density at radius 3 is 2.29 bits per heavy atom. The second-order valence-corrected chi connectivity index (χ2v) is 7.15. The molecule has 0 fully saturated rings. The molecular formula is C25H23ClO5. The van der Waals surface area contributed by atoms with Crippen LogP contribution in [-0.4, -0.2) is 18.4 Å². The predicted molar refractivity (Wildman–Crippen MR) is 119 cm³/mol. The first kappa shape index (κ1) is 22.4. The monoisotopic (exact) mass is 438 g/mol. The molecule has 0 amide bonds. The second-order valence-electron chi connectivity index (χ2n) is 6.72. The van der Waals surface area contributed by atoms with Gasteiger partial charge in [-0.1, -0.05) is 41.9 Å². The third-order valence-electron chi connectivity index (χ3n) is 4.40. The Labute approximate surface area is 186 Å². The summed E-state index contributed by atoms with van der Waals surface area (Å²) < 4.78 is 16.7. The topological polar surface area (TPSA) is 61.8 Å². The van der Waals surface area contributed by atoms with Gasteiger partial charge < -0.3 is 14.2 Å². The molecule has 0 atom stereocenters. The molecule has 160 valence electrons. The van der Waals surface area contributed by atoms with Gasteiger partial charge in [0.1, 0.15) is 23.9 Å². The predicted octanol–water partition coefficient (Wildman–Crippen LogP) is 6.24. The molecule has 0 N–H and O–H groups in total. The molecule has 0 aliphatic rings. The average Bonchev–Trinajstić information content (AvgIpc) is 2.79. The highest BCUT2D eigenvalue weighted by molar-refractivity contribution is 6.30. The molecule has 0 heterocycles. The van der Waals surface area contributed by atoms with E-state index in [0.717, 1.165) is 5.56 Å². The number of esters is 1. The number of hydrogen-bond acceptors (Lipinski definition) is 5. The van der Waals surface area contributed by atoms with Gasteiger partial charge in [-0.3, -0.25) is 9.59 Å². The molecule has 31 heavy (non-hydrogen) atoms. The minimum atomic E-state index is -0.406. The first-order valence-electron chi connectivity index (χ1n) is 9.98. The van der Waals surface area contributed by atoms with Crippen LogP contribution in [0.4, 0.5) is 0 Å². The van der Waals surface area contributed by atoms with Crippen molar-refractivity contribution >= 4 is 23.4 Å². The van der Waals surface area contributed by atoms with Crippen molar-refractivity contribution in [2.45, 2.75) is 26.4 Å². The molecule has 5 nitrogen and oxygen atoms in total. The highest BCUT2D eigenvalue weighted by atomic mass is 35.5. The lowest BCUT2D eigenvalue weighted by Crippen LogP contribution is -2.09. The number of ether oxygens (including phenoxy) is 3. The molecule has 0 saturated carbocycles. The van der Waals surface area contributed by atoms with Crippen LogP contribution in [0, 0.1) is 0 Å². The van der Waals surface area contributed by atoms with Crippen molar-refractivity contribution in [2.75, 3.05) is 6.61 Å². The number of carbonyl (C=O) groups excluding carboxylic acids is 2. The number of rotatable bonds is 10. The van der Waals surface area contributed by atoms with Crippen LogP contribution in [0.1, 0.15) is 35.7 Å². The lowest BCUT2D eigenvalue weighted by atomic mass is 10.0. The summed E-state index contributed by atoms with van der Waals surface area (Å²) in [4.78, 5) is 24.5. The fourth-order valence-corrected chi connectivity index (χ4v) is 3.00. The van der Waals surface area contributed by atoms with Gasteiger partial charge in [0.15, 0.2) is 5.78 Å². The fourth-order valence-electron chi connectivity index (χ4n) is 2.87. The maximum absolute atomic E-state index is 12.9. The molecule has 0 radical (unpaired) electrons. The van der Waals surface area contributed by atoms with Crippen molar-refractivity contribution in [2.24, 2.45) is 0 Å². The number of carbonyl (C=O) groups is 2. The van der Waals surface area contributed by atoms with Gasteiger partial charge in [0.2, 0.25) is 0 Å². The van der Waals surface area contributed by atoms with Crippen LogP contribution in [0.3, 0.4) is 0 Å². The average molecular weight is 439 g/mol. The smallest absolute Gasteiger partial charge is 0.306 e. The number of benzene rings is 3. The largest absolute Gasteiger partial charge is 0.488 e. The van der Waals surface area contributed by atoms with E-state index in [0.29, 0.717) is 34.4 Å². The van der Waals surface area contributed by atoms with Gasteiger partial charge in [0, 0.05) is 11.4 Å². The van der Waals surface area contributed by atoms with Crippen LogP contribution in [0.15, 0.2) is 72.8 Å². The third kappa shape index (κ3) is 6.86. The molecule has 0 aliphatic heterocycles. The maximum Gasteiger partial charge on any atom is 0.306 e. The Morgan fingerprint density at radius 1 is 0.871 bits per heavy atom. The lowest BCUT2D eigenvalue weighted by Gasteiger charge is -2.13. The fraction of sp³-hybridized carbons (Fsp3) is 0.200. The molecule has 3 aromatic rings. The molecule has 0 spiro atoms. The summed E-state index contributed by atoms with van der Waals surface area (Å²) >= 11 is 5.92. The zero-order valence-corrected chi connectivity index (χ0v) is 17.9. The van der Waals surface area contributed by atoms with Gasteiger partial charge in [-0.15, -0.1) is 0 Å². The van der Waals surface area contributed by atoms with Gasteiger partial charge in [0.05, 0.1) is 18.6 Å². The standard InChI is InChI=1S/C25H23ClO5/c1-2-29-25(28)15-13-23(27)22-16-21(31-20-10-8-19(26)9-11-20)12-14-24(22)30-17-18-6-4-3-5-7-18/h3-12,14,16H,2,13,15,17H2,1H3. The van der Waals surface area contributed by atoms with Crippen molar-refractivity contribution < 1.29 is 23.8 Å². The van der Waals surface area contributed by atoms with E-state index in [2.05, 4.69) is 0 Å². The van der Waals surface area contributed by atoms with E-state index in [1.165, 1.54) is 0 Å². The van der Waals surface area contributed by atoms with Crippen LogP contribution < -0.4 is 9.47 Å². The van der Waals surface area contributed by atoms with Crippen molar-refractivity contribution in [1.82, 2.24) is 0 Å². The van der Waals surface area contributed by atoms with Gasteiger partial charge >= 0.3 is 5.97 Å². The summed E-state index contributed by atoms with van der Waals surface area (Å²) in [5.74, 6) is 0.871. The Kier molecular flexibility index (Phi) is 8.07. The highest BCUT2D eigenvalue weighted by Gasteiger charge is 2.17. The zero-order valence-electron chi connectivity index (χ0n) is 17.2. The summed E-state index contributed by atoms with van der Waals surface area (Å²) in [5, 5.41) is 0.604. The second kappa shape index (κ2) is 11.2. The summed E-state index contributed by atoms with van der Waals surface area (Å²) in [7, 11) is 0. The van der Waals surface area contributed by atoms with Gasteiger partial charge in [-0.05, 0) is 55.0 Å². The van der Waals surface area contributed by atoms with Gasteiger partial charge in [-0.2, -0.15) is 0 Å². The molecule has 3 rings (SSSR count). The summed E-state index contributed by atoms with van der Waals surface area (Å²) in [6.45, 7) is 2.33. The van der Waals surface area contributed by atoms with Crippen molar-refractivity contribution in [3.63, 3.8) is 0 Å². The lowest BCUT2D eigenvalue weighted by molar-refractivity contribution is -0.143. The number of hydrogen-bond donors (Lipinski definition) is 0. The molecule has 3 aromatic carbocycles. The van der Waals surface area contributed by atoms with Crippen molar-refractivity contribution in [1.29, 1.82) is 0 Å².